The third kappa shape index (κ3) is 3.19. The average molecular weight is 227 g/mol. The van der Waals surface area contributed by atoms with Crippen molar-refractivity contribution in [1.82, 2.24) is 5.32 Å². The fourth-order valence-corrected chi connectivity index (χ4v) is 2.92. The highest BCUT2D eigenvalue weighted by Gasteiger charge is 2.34. The molecular weight excluding hydrogens is 202 g/mol. The summed E-state index contributed by atoms with van der Waals surface area (Å²) in [6.45, 7) is 3.79. The Morgan fingerprint density at radius 1 is 1.25 bits per heavy atom. The van der Waals surface area contributed by atoms with Gasteiger partial charge in [0.1, 0.15) is 0 Å². The number of rotatable bonds is 5. The molecule has 0 aromatic carbocycles. The van der Waals surface area contributed by atoms with E-state index in [9.17, 15) is 0 Å². The molecule has 1 heterocycles. The summed E-state index contributed by atoms with van der Waals surface area (Å²) in [4.78, 5) is 0. The monoisotopic (exact) mass is 227 g/mol. The first kappa shape index (κ1) is 12.3. The summed E-state index contributed by atoms with van der Waals surface area (Å²) in [6, 6.07) is 0. The molecule has 0 unspecified atom stereocenters. The minimum Gasteiger partial charge on any atom is -0.381 e. The number of nitrogens with one attached hydrogen (secondary N) is 1. The van der Waals surface area contributed by atoms with Crippen molar-refractivity contribution in [2.75, 3.05) is 33.4 Å². The lowest BCUT2D eigenvalue weighted by molar-refractivity contribution is -0.0699. The van der Waals surface area contributed by atoms with Crippen LogP contribution < -0.4 is 5.32 Å². The van der Waals surface area contributed by atoms with Crippen LogP contribution in [-0.4, -0.2) is 39.0 Å². The summed E-state index contributed by atoms with van der Waals surface area (Å²) in [5.74, 6) is 0.725. The zero-order valence-corrected chi connectivity index (χ0v) is 10.5. The highest BCUT2D eigenvalue weighted by Crippen LogP contribution is 2.33. The van der Waals surface area contributed by atoms with E-state index < -0.39 is 0 Å². The van der Waals surface area contributed by atoms with E-state index in [1.54, 1.807) is 0 Å². The van der Waals surface area contributed by atoms with Gasteiger partial charge < -0.3 is 14.8 Å². The van der Waals surface area contributed by atoms with E-state index >= 15 is 0 Å². The van der Waals surface area contributed by atoms with Crippen molar-refractivity contribution >= 4 is 0 Å². The van der Waals surface area contributed by atoms with Gasteiger partial charge in [0.05, 0.1) is 12.2 Å². The molecule has 0 spiro atoms. The van der Waals surface area contributed by atoms with Gasteiger partial charge in [0.25, 0.3) is 0 Å². The van der Waals surface area contributed by atoms with Gasteiger partial charge in [-0.1, -0.05) is 12.8 Å². The molecule has 1 saturated carbocycles. The molecule has 0 atom stereocenters. The van der Waals surface area contributed by atoms with Crippen molar-refractivity contribution in [2.24, 2.45) is 5.92 Å². The van der Waals surface area contributed by atoms with E-state index in [0.29, 0.717) is 0 Å². The van der Waals surface area contributed by atoms with Crippen LogP contribution in [-0.2, 0) is 9.47 Å². The Hall–Kier alpha value is -0.120. The van der Waals surface area contributed by atoms with Crippen LogP contribution in [0.15, 0.2) is 0 Å². The first-order valence-corrected chi connectivity index (χ1v) is 6.71. The Kier molecular flexibility index (Phi) is 4.62. The van der Waals surface area contributed by atoms with Crippen LogP contribution >= 0.6 is 0 Å². The van der Waals surface area contributed by atoms with Gasteiger partial charge >= 0.3 is 0 Å². The molecule has 0 bridgehead atoms. The smallest absolute Gasteiger partial charge is 0.0806 e. The maximum atomic E-state index is 6.25. The Balaban J connectivity index is 1.76. The second kappa shape index (κ2) is 5.99. The van der Waals surface area contributed by atoms with Crippen molar-refractivity contribution in [3.05, 3.63) is 0 Å². The van der Waals surface area contributed by atoms with Gasteiger partial charge in [-0.3, -0.25) is 0 Å². The van der Waals surface area contributed by atoms with Gasteiger partial charge in [-0.2, -0.15) is 0 Å². The maximum Gasteiger partial charge on any atom is 0.0806 e. The van der Waals surface area contributed by atoms with Gasteiger partial charge in [0.15, 0.2) is 0 Å². The third-order valence-corrected chi connectivity index (χ3v) is 3.98. The molecule has 2 fully saturated rings. The molecular formula is C13H25NO2. The van der Waals surface area contributed by atoms with Gasteiger partial charge in [-0.15, -0.1) is 0 Å². The van der Waals surface area contributed by atoms with Crippen LogP contribution in [0.3, 0.4) is 0 Å². The molecule has 1 saturated heterocycles. The molecule has 0 amide bonds. The fraction of sp³-hybridized carbons (Fsp3) is 1.00. The summed E-state index contributed by atoms with van der Waals surface area (Å²) < 4.78 is 11.6. The van der Waals surface area contributed by atoms with Crippen LogP contribution in [0.1, 0.15) is 38.5 Å². The maximum absolute atomic E-state index is 6.25. The SMILES string of the molecule is CNCC1(OCC2CCOCC2)CCCC1. The molecule has 1 aliphatic carbocycles. The number of likely N-dealkylation sites (N-methyl/N-ethyl adjacent to an activating group) is 1. The molecule has 1 N–H and O–H groups in total. The highest BCUT2D eigenvalue weighted by atomic mass is 16.5. The van der Waals surface area contributed by atoms with E-state index in [2.05, 4.69) is 5.32 Å². The minimum absolute atomic E-state index is 0.146. The molecule has 3 heteroatoms. The van der Waals surface area contributed by atoms with Crippen molar-refractivity contribution in [3.63, 3.8) is 0 Å². The van der Waals surface area contributed by atoms with E-state index in [0.717, 1.165) is 32.3 Å². The second-order valence-corrected chi connectivity index (χ2v) is 5.29. The van der Waals surface area contributed by atoms with Crippen molar-refractivity contribution in [2.45, 2.75) is 44.1 Å². The fourth-order valence-electron chi connectivity index (χ4n) is 2.92. The summed E-state index contributed by atoms with van der Waals surface area (Å²) >= 11 is 0. The molecule has 2 aliphatic rings. The largest absolute Gasteiger partial charge is 0.381 e. The predicted molar refractivity (Wildman–Crippen MR) is 64.6 cm³/mol. The van der Waals surface area contributed by atoms with Crippen molar-refractivity contribution < 1.29 is 9.47 Å². The van der Waals surface area contributed by atoms with Gasteiger partial charge in [0, 0.05) is 19.8 Å². The zero-order valence-electron chi connectivity index (χ0n) is 10.5. The molecule has 0 radical (unpaired) electrons. The molecule has 94 valence electrons. The van der Waals surface area contributed by atoms with Gasteiger partial charge in [-0.25, -0.2) is 0 Å². The van der Waals surface area contributed by atoms with Crippen LogP contribution in [0.25, 0.3) is 0 Å². The average Bonchev–Trinajstić information content (AvgIpc) is 2.78. The van der Waals surface area contributed by atoms with E-state index in [1.807, 2.05) is 7.05 Å². The summed E-state index contributed by atoms with van der Waals surface area (Å²) in [5.41, 5.74) is 0.146. The van der Waals surface area contributed by atoms with E-state index in [-0.39, 0.29) is 5.60 Å². The quantitative estimate of drug-likeness (QED) is 0.779. The normalized spacial score (nSPS) is 26.1. The van der Waals surface area contributed by atoms with Gasteiger partial charge in [0.2, 0.25) is 0 Å². The van der Waals surface area contributed by atoms with E-state index in [4.69, 9.17) is 9.47 Å². The minimum atomic E-state index is 0.146. The van der Waals surface area contributed by atoms with Crippen LogP contribution in [0.5, 0.6) is 0 Å². The first-order chi connectivity index (χ1) is 7.85. The number of hydrogen-bond donors (Lipinski definition) is 1. The third-order valence-electron chi connectivity index (χ3n) is 3.98. The highest BCUT2D eigenvalue weighted by molar-refractivity contribution is 4.88. The lowest BCUT2D eigenvalue weighted by Gasteiger charge is -2.32. The lowest BCUT2D eigenvalue weighted by Crippen LogP contribution is -2.41. The Morgan fingerprint density at radius 3 is 2.56 bits per heavy atom. The topological polar surface area (TPSA) is 30.5 Å². The summed E-state index contributed by atoms with van der Waals surface area (Å²) in [7, 11) is 2.03. The van der Waals surface area contributed by atoms with Crippen molar-refractivity contribution in [1.29, 1.82) is 0 Å². The molecule has 0 aromatic heterocycles. The molecule has 1 aliphatic heterocycles. The summed E-state index contributed by atoms with van der Waals surface area (Å²) in [5, 5.41) is 3.29. The van der Waals surface area contributed by atoms with Crippen LogP contribution in [0, 0.1) is 5.92 Å². The Bertz CT molecular complexity index is 196. The number of hydrogen-bond acceptors (Lipinski definition) is 3. The van der Waals surface area contributed by atoms with E-state index in [1.165, 1.54) is 38.5 Å². The Morgan fingerprint density at radius 2 is 1.94 bits per heavy atom. The number of ether oxygens (including phenoxy) is 2. The molecule has 2 rings (SSSR count). The molecule has 0 aromatic rings. The van der Waals surface area contributed by atoms with Crippen LogP contribution in [0.4, 0.5) is 0 Å². The molecule has 3 nitrogen and oxygen atoms in total. The predicted octanol–water partition coefficient (Wildman–Crippen LogP) is 1.96. The standard InChI is InChI=1S/C13H25NO2/c1-14-11-13(6-2-3-7-13)16-10-12-4-8-15-9-5-12/h12,14H,2-11H2,1H3. The first-order valence-electron chi connectivity index (χ1n) is 6.71. The Labute approximate surface area is 98.9 Å². The second-order valence-electron chi connectivity index (χ2n) is 5.29. The summed E-state index contributed by atoms with van der Waals surface area (Å²) in [6.07, 6.45) is 7.48. The van der Waals surface area contributed by atoms with Crippen LogP contribution in [0.2, 0.25) is 0 Å². The van der Waals surface area contributed by atoms with Gasteiger partial charge in [-0.05, 0) is 38.6 Å². The molecule has 16 heavy (non-hydrogen) atoms. The zero-order chi connectivity index (χ0) is 11.3. The van der Waals surface area contributed by atoms with Crippen molar-refractivity contribution in [3.8, 4) is 0 Å². The lowest BCUT2D eigenvalue weighted by atomic mass is 9.99.